The number of hydrogen-bond donors (Lipinski definition) is 4. The third-order valence-corrected chi connectivity index (χ3v) is 5.24. The molecule has 162 valence electrons. The molecule has 9 nitrogen and oxygen atoms in total. The molecule has 1 fully saturated rings. The van der Waals surface area contributed by atoms with Crippen LogP contribution in [0.3, 0.4) is 0 Å². The maximum absolute atomic E-state index is 6.05. The van der Waals surface area contributed by atoms with E-state index in [2.05, 4.69) is 42.0 Å². The van der Waals surface area contributed by atoms with E-state index in [9.17, 15) is 0 Å². The molecule has 0 amide bonds. The monoisotopic (exact) mass is 428 g/mol. The Kier molecular flexibility index (Phi) is 5.63. The van der Waals surface area contributed by atoms with Crippen LogP contribution in [0, 0.1) is 0 Å². The van der Waals surface area contributed by atoms with Crippen LogP contribution in [-0.2, 0) is 11.3 Å². The molecule has 5 rings (SSSR count). The summed E-state index contributed by atoms with van der Waals surface area (Å²) < 4.78 is 5.41. The second kappa shape index (κ2) is 9.03. The van der Waals surface area contributed by atoms with Crippen molar-refractivity contribution < 1.29 is 4.74 Å². The van der Waals surface area contributed by atoms with E-state index in [0.29, 0.717) is 30.6 Å². The highest BCUT2D eigenvalue weighted by Crippen LogP contribution is 2.22. The van der Waals surface area contributed by atoms with Crippen LogP contribution in [0.25, 0.3) is 10.9 Å². The fourth-order valence-electron chi connectivity index (χ4n) is 3.60. The lowest BCUT2D eigenvalue weighted by atomic mass is 10.1. The van der Waals surface area contributed by atoms with E-state index >= 15 is 0 Å². The quantitative estimate of drug-likeness (QED) is 0.350. The minimum Gasteiger partial charge on any atom is -0.381 e. The van der Waals surface area contributed by atoms with E-state index in [4.69, 9.17) is 10.5 Å². The summed E-state index contributed by atoms with van der Waals surface area (Å²) in [6, 6.07) is 14.2. The number of aromatic nitrogens is 4. The van der Waals surface area contributed by atoms with Gasteiger partial charge in [-0.3, -0.25) is 4.98 Å². The molecule has 1 unspecified atom stereocenters. The van der Waals surface area contributed by atoms with E-state index in [1.165, 1.54) is 0 Å². The average Bonchev–Trinajstić information content (AvgIpc) is 3.32. The van der Waals surface area contributed by atoms with Gasteiger partial charge in [-0.15, -0.1) is 0 Å². The fraction of sp³-hybridized carbons (Fsp3) is 0.217. The summed E-state index contributed by atoms with van der Waals surface area (Å²) in [6.45, 7) is 2.05. The summed E-state index contributed by atoms with van der Waals surface area (Å²) in [4.78, 5) is 17.6. The first-order chi connectivity index (χ1) is 15.7. The van der Waals surface area contributed by atoms with Gasteiger partial charge in [0.15, 0.2) is 17.5 Å². The molecule has 1 saturated heterocycles. The van der Waals surface area contributed by atoms with Gasteiger partial charge in [0, 0.05) is 42.7 Å². The maximum Gasteiger partial charge on any atom is 0.171 e. The Bertz CT molecular complexity index is 1230. The van der Waals surface area contributed by atoms with Gasteiger partial charge in [0.25, 0.3) is 0 Å². The number of anilines is 5. The van der Waals surface area contributed by atoms with Gasteiger partial charge in [0.2, 0.25) is 0 Å². The average molecular weight is 429 g/mol. The van der Waals surface area contributed by atoms with Gasteiger partial charge in [-0.05, 0) is 36.2 Å². The Labute approximate surface area is 185 Å². The Balaban J connectivity index is 1.27. The maximum atomic E-state index is 6.05. The lowest BCUT2D eigenvalue weighted by molar-refractivity contribution is 0.195. The summed E-state index contributed by atoms with van der Waals surface area (Å²) in [7, 11) is 0. The van der Waals surface area contributed by atoms with Crippen LogP contribution < -0.4 is 21.7 Å². The van der Waals surface area contributed by atoms with Crippen molar-refractivity contribution in [1.29, 1.82) is 0 Å². The van der Waals surface area contributed by atoms with Crippen molar-refractivity contribution in [3.63, 3.8) is 0 Å². The van der Waals surface area contributed by atoms with Gasteiger partial charge < -0.3 is 26.4 Å². The van der Waals surface area contributed by atoms with Gasteiger partial charge >= 0.3 is 0 Å². The third-order valence-electron chi connectivity index (χ3n) is 5.24. The van der Waals surface area contributed by atoms with Crippen molar-refractivity contribution in [3.05, 3.63) is 66.6 Å². The molecule has 4 aromatic rings. The smallest absolute Gasteiger partial charge is 0.171 e. The van der Waals surface area contributed by atoms with E-state index in [1.807, 2.05) is 36.4 Å². The highest BCUT2D eigenvalue weighted by Gasteiger charge is 2.15. The van der Waals surface area contributed by atoms with Crippen molar-refractivity contribution in [2.45, 2.75) is 19.0 Å². The van der Waals surface area contributed by atoms with Crippen molar-refractivity contribution in [2.75, 3.05) is 34.9 Å². The molecule has 1 aliphatic heterocycles. The zero-order valence-corrected chi connectivity index (χ0v) is 17.5. The Morgan fingerprint density at radius 2 is 2.00 bits per heavy atom. The van der Waals surface area contributed by atoms with Gasteiger partial charge in [-0.1, -0.05) is 12.1 Å². The first kappa shape index (κ1) is 20.0. The van der Waals surface area contributed by atoms with E-state index in [1.54, 1.807) is 18.6 Å². The number of ether oxygens (including phenoxy) is 1. The molecule has 9 heteroatoms. The molecule has 4 heterocycles. The molecule has 5 N–H and O–H groups in total. The molecule has 1 atom stereocenters. The summed E-state index contributed by atoms with van der Waals surface area (Å²) in [5, 5.41) is 11.0. The van der Waals surface area contributed by atoms with Crippen molar-refractivity contribution in [2.24, 2.45) is 0 Å². The number of nitrogens with two attached hydrogens (primary N) is 1. The van der Waals surface area contributed by atoms with Crippen molar-refractivity contribution in [3.8, 4) is 0 Å². The third kappa shape index (κ3) is 4.68. The highest BCUT2D eigenvalue weighted by molar-refractivity contribution is 5.79. The topological polar surface area (TPSA) is 123 Å². The lowest BCUT2D eigenvalue weighted by Crippen LogP contribution is -2.19. The molecule has 0 spiro atoms. The number of rotatable bonds is 7. The van der Waals surface area contributed by atoms with Crippen LogP contribution in [-0.4, -0.2) is 39.2 Å². The Morgan fingerprint density at radius 3 is 2.91 bits per heavy atom. The minimum absolute atomic E-state index is 0.288. The van der Waals surface area contributed by atoms with E-state index in [0.717, 1.165) is 41.0 Å². The van der Waals surface area contributed by atoms with Crippen molar-refractivity contribution in [1.82, 2.24) is 19.9 Å². The predicted octanol–water partition coefficient (Wildman–Crippen LogP) is 3.56. The Hall–Kier alpha value is -3.98. The molecule has 0 aliphatic carbocycles. The first-order valence-electron chi connectivity index (χ1n) is 10.5. The molecule has 0 bridgehead atoms. The molecular formula is C23H24N8O. The number of nitrogens with one attached hydrogen (secondary N) is 3. The number of benzene rings is 1. The first-order valence-corrected chi connectivity index (χ1v) is 10.5. The largest absolute Gasteiger partial charge is 0.381 e. The zero-order valence-electron chi connectivity index (χ0n) is 17.5. The fourth-order valence-corrected chi connectivity index (χ4v) is 3.60. The van der Waals surface area contributed by atoms with Crippen LogP contribution in [0.4, 0.5) is 29.0 Å². The van der Waals surface area contributed by atoms with Gasteiger partial charge in [0.1, 0.15) is 5.82 Å². The normalized spacial score (nSPS) is 15.6. The van der Waals surface area contributed by atoms with E-state index in [-0.39, 0.29) is 6.04 Å². The number of nitrogen functional groups attached to an aromatic ring is 1. The molecular weight excluding hydrogens is 404 g/mol. The number of nitrogens with zero attached hydrogens (tertiary/aromatic N) is 4. The molecule has 32 heavy (non-hydrogen) atoms. The van der Waals surface area contributed by atoms with Gasteiger partial charge in [-0.25, -0.2) is 15.0 Å². The molecule has 3 aromatic heterocycles. The number of hydrogen-bond acceptors (Lipinski definition) is 9. The molecule has 1 aliphatic rings. The molecule has 0 saturated carbocycles. The lowest BCUT2D eigenvalue weighted by Gasteiger charge is -2.13. The molecule has 1 aromatic carbocycles. The van der Waals surface area contributed by atoms with E-state index < -0.39 is 0 Å². The van der Waals surface area contributed by atoms with Gasteiger partial charge in [0.05, 0.1) is 24.4 Å². The minimum atomic E-state index is 0.288. The van der Waals surface area contributed by atoms with Crippen LogP contribution in [0.15, 0.2) is 61.1 Å². The zero-order chi connectivity index (χ0) is 21.8. The van der Waals surface area contributed by atoms with Crippen LogP contribution in [0.2, 0.25) is 0 Å². The van der Waals surface area contributed by atoms with Crippen LogP contribution in [0.1, 0.15) is 12.0 Å². The van der Waals surface area contributed by atoms with Crippen molar-refractivity contribution >= 4 is 39.9 Å². The predicted molar refractivity (Wildman–Crippen MR) is 126 cm³/mol. The standard InChI is InChI=1S/C23H24N8O/c24-22-23(28-12-15-3-4-19-16(10-15)2-1-7-25-19)31-21(13-27-22)29-17-5-8-26-20(11-17)30-18-6-9-32-14-18/h1-5,7-8,10-11,13,18H,6,9,12,14H2,(H2,24,27)(H3,26,28,29,30,31). The number of fused-ring (bicyclic) bond motifs is 1. The highest BCUT2D eigenvalue weighted by atomic mass is 16.5. The summed E-state index contributed by atoms with van der Waals surface area (Å²) in [5.74, 6) is 2.25. The van der Waals surface area contributed by atoms with Crippen LogP contribution >= 0.6 is 0 Å². The SMILES string of the molecule is Nc1ncc(Nc2ccnc(NC3CCOC3)c2)nc1NCc1ccc2ncccc2c1. The van der Waals surface area contributed by atoms with Crippen LogP contribution in [0.5, 0.6) is 0 Å². The number of pyridine rings is 2. The Morgan fingerprint density at radius 1 is 1.03 bits per heavy atom. The summed E-state index contributed by atoms with van der Waals surface area (Å²) >= 11 is 0. The second-order valence-corrected chi connectivity index (χ2v) is 7.63. The van der Waals surface area contributed by atoms with Gasteiger partial charge in [-0.2, -0.15) is 0 Å². The second-order valence-electron chi connectivity index (χ2n) is 7.63. The summed E-state index contributed by atoms with van der Waals surface area (Å²) in [5.41, 5.74) is 8.97. The summed E-state index contributed by atoms with van der Waals surface area (Å²) in [6.07, 6.45) is 6.13. The molecule has 0 radical (unpaired) electrons.